The summed E-state index contributed by atoms with van der Waals surface area (Å²) in [5, 5.41) is 12.3. The summed E-state index contributed by atoms with van der Waals surface area (Å²) in [6.45, 7) is 1.98. The molecule has 0 saturated heterocycles. The van der Waals surface area contributed by atoms with E-state index in [1.54, 1.807) is 0 Å². The number of allylic oxidation sites excluding steroid dienone is 2. The summed E-state index contributed by atoms with van der Waals surface area (Å²) in [5.74, 6) is 0. The molecule has 1 aliphatic heterocycles. The number of nitriles is 1. The molecule has 0 aromatic heterocycles. The van der Waals surface area contributed by atoms with Crippen LogP contribution in [0.2, 0.25) is 0 Å². The Labute approximate surface area is 104 Å². The van der Waals surface area contributed by atoms with Gasteiger partial charge >= 0.3 is 0 Å². The van der Waals surface area contributed by atoms with Crippen molar-refractivity contribution in [3.63, 3.8) is 0 Å². The molecule has 0 bridgehead atoms. The molecule has 0 unspecified atom stereocenters. The minimum atomic E-state index is 0.338. The molecule has 0 radical (unpaired) electrons. The Kier molecular flexibility index (Phi) is 3.31. The Balaban J connectivity index is 2.18. The van der Waals surface area contributed by atoms with Gasteiger partial charge in [0.2, 0.25) is 0 Å². The molecule has 1 aromatic carbocycles. The van der Waals surface area contributed by atoms with E-state index in [1.165, 1.54) is 5.56 Å². The summed E-state index contributed by atoms with van der Waals surface area (Å²) in [6, 6.07) is 10.9. The molecule has 82 valence electrons. The van der Waals surface area contributed by atoms with Crippen molar-refractivity contribution in [2.45, 2.75) is 25.8 Å². The second-order valence-electron chi connectivity index (χ2n) is 4.00. The number of hydrogen-bond donors (Lipinski definition) is 1. The summed E-state index contributed by atoms with van der Waals surface area (Å²) >= 11 is 3.43. The lowest BCUT2D eigenvalue weighted by atomic mass is 9.94. The van der Waals surface area contributed by atoms with Crippen LogP contribution in [0.1, 0.15) is 31.4 Å². The van der Waals surface area contributed by atoms with Gasteiger partial charge in [-0.2, -0.15) is 5.26 Å². The molecule has 16 heavy (non-hydrogen) atoms. The molecule has 1 aliphatic rings. The normalized spacial score (nSPS) is 20.2. The van der Waals surface area contributed by atoms with Crippen LogP contribution in [0.15, 0.2) is 40.0 Å². The Morgan fingerprint density at radius 2 is 2.06 bits per heavy atom. The molecule has 0 amide bonds. The second kappa shape index (κ2) is 4.71. The standard InChI is InChI=1S/C13H13BrN2/c1-9-11(8-15)4-7-13(16-9)10-2-5-12(14)6-3-10/h2-3,5-6,13,16H,4,7H2,1H3/t13-/m0/s1. The zero-order valence-corrected chi connectivity index (χ0v) is 10.7. The van der Waals surface area contributed by atoms with Crippen molar-refractivity contribution in [3.8, 4) is 6.07 Å². The van der Waals surface area contributed by atoms with Crippen molar-refractivity contribution in [1.82, 2.24) is 5.32 Å². The van der Waals surface area contributed by atoms with Gasteiger partial charge in [-0.3, -0.25) is 0 Å². The monoisotopic (exact) mass is 276 g/mol. The fourth-order valence-electron chi connectivity index (χ4n) is 1.98. The highest BCUT2D eigenvalue weighted by molar-refractivity contribution is 9.10. The lowest BCUT2D eigenvalue weighted by Crippen LogP contribution is -2.24. The average Bonchev–Trinajstić information content (AvgIpc) is 2.30. The fourth-order valence-corrected chi connectivity index (χ4v) is 2.25. The molecule has 0 saturated carbocycles. The first kappa shape index (κ1) is 11.2. The highest BCUT2D eigenvalue weighted by Crippen LogP contribution is 2.28. The van der Waals surface area contributed by atoms with Gasteiger partial charge in [-0.05, 0) is 37.5 Å². The van der Waals surface area contributed by atoms with E-state index >= 15 is 0 Å². The van der Waals surface area contributed by atoms with E-state index in [0.29, 0.717) is 6.04 Å². The molecule has 2 rings (SSSR count). The van der Waals surface area contributed by atoms with Crippen LogP contribution in [0.5, 0.6) is 0 Å². The summed E-state index contributed by atoms with van der Waals surface area (Å²) in [6.07, 6.45) is 1.86. The zero-order valence-electron chi connectivity index (χ0n) is 9.13. The van der Waals surface area contributed by atoms with Crippen LogP contribution in [-0.4, -0.2) is 0 Å². The molecule has 2 nitrogen and oxygen atoms in total. The number of nitrogens with zero attached hydrogens (tertiary/aromatic N) is 1. The van der Waals surface area contributed by atoms with Crippen molar-refractivity contribution in [2.24, 2.45) is 0 Å². The molecule has 1 atom stereocenters. The Hall–Kier alpha value is -1.27. The Morgan fingerprint density at radius 1 is 1.38 bits per heavy atom. The highest BCUT2D eigenvalue weighted by Gasteiger charge is 2.18. The van der Waals surface area contributed by atoms with E-state index in [9.17, 15) is 0 Å². The molecule has 3 heteroatoms. The van der Waals surface area contributed by atoms with Crippen molar-refractivity contribution in [2.75, 3.05) is 0 Å². The average molecular weight is 277 g/mol. The lowest BCUT2D eigenvalue weighted by Gasteiger charge is -2.26. The van der Waals surface area contributed by atoms with Crippen LogP contribution in [0.25, 0.3) is 0 Å². The van der Waals surface area contributed by atoms with Crippen LogP contribution in [0.3, 0.4) is 0 Å². The minimum absolute atomic E-state index is 0.338. The van der Waals surface area contributed by atoms with Gasteiger partial charge in [0, 0.05) is 15.7 Å². The maximum absolute atomic E-state index is 8.90. The first-order chi connectivity index (χ1) is 7.70. The van der Waals surface area contributed by atoms with E-state index in [0.717, 1.165) is 28.6 Å². The van der Waals surface area contributed by atoms with Gasteiger partial charge in [-0.15, -0.1) is 0 Å². The van der Waals surface area contributed by atoms with Gasteiger partial charge in [0.15, 0.2) is 0 Å². The summed E-state index contributed by atoms with van der Waals surface area (Å²) in [4.78, 5) is 0. The van der Waals surface area contributed by atoms with Crippen molar-refractivity contribution < 1.29 is 0 Å². The van der Waals surface area contributed by atoms with Crippen LogP contribution in [-0.2, 0) is 0 Å². The van der Waals surface area contributed by atoms with Crippen molar-refractivity contribution in [1.29, 1.82) is 5.26 Å². The second-order valence-corrected chi connectivity index (χ2v) is 4.92. The smallest absolute Gasteiger partial charge is 0.0965 e. The van der Waals surface area contributed by atoms with Gasteiger partial charge in [0.25, 0.3) is 0 Å². The molecular formula is C13H13BrN2. The third kappa shape index (κ3) is 2.28. The predicted molar refractivity (Wildman–Crippen MR) is 67.6 cm³/mol. The van der Waals surface area contributed by atoms with Gasteiger partial charge in [-0.1, -0.05) is 28.1 Å². The van der Waals surface area contributed by atoms with Crippen LogP contribution >= 0.6 is 15.9 Å². The van der Waals surface area contributed by atoms with E-state index in [2.05, 4.69) is 51.6 Å². The maximum Gasteiger partial charge on any atom is 0.0965 e. The Morgan fingerprint density at radius 3 is 2.62 bits per heavy atom. The number of halogens is 1. The first-order valence-corrected chi connectivity index (χ1v) is 6.12. The van der Waals surface area contributed by atoms with E-state index in [-0.39, 0.29) is 0 Å². The molecule has 1 N–H and O–H groups in total. The summed E-state index contributed by atoms with van der Waals surface area (Å²) in [5.41, 5.74) is 3.18. The van der Waals surface area contributed by atoms with E-state index in [4.69, 9.17) is 5.26 Å². The van der Waals surface area contributed by atoms with E-state index in [1.807, 2.05) is 6.92 Å². The number of benzene rings is 1. The van der Waals surface area contributed by atoms with Crippen LogP contribution in [0, 0.1) is 11.3 Å². The largest absolute Gasteiger partial charge is 0.381 e. The van der Waals surface area contributed by atoms with Gasteiger partial charge in [0.1, 0.15) is 0 Å². The molecule has 1 aromatic rings. The molecule has 0 aliphatic carbocycles. The zero-order chi connectivity index (χ0) is 11.5. The number of nitrogens with one attached hydrogen (secondary N) is 1. The van der Waals surface area contributed by atoms with Crippen molar-refractivity contribution in [3.05, 3.63) is 45.6 Å². The highest BCUT2D eigenvalue weighted by atomic mass is 79.9. The minimum Gasteiger partial charge on any atom is -0.381 e. The van der Waals surface area contributed by atoms with Gasteiger partial charge in [-0.25, -0.2) is 0 Å². The molecule has 0 fully saturated rings. The number of rotatable bonds is 1. The quantitative estimate of drug-likeness (QED) is 0.850. The lowest BCUT2D eigenvalue weighted by molar-refractivity contribution is 0.519. The Bertz CT molecular complexity index is 454. The van der Waals surface area contributed by atoms with Crippen LogP contribution in [0.4, 0.5) is 0 Å². The molecule has 0 spiro atoms. The molecular weight excluding hydrogens is 264 g/mol. The third-order valence-corrected chi connectivity index (χ3v) is 3.46. The maximum atomic E-state index is 8.90. The van der Waals surface area contributed by atoms with E-state index < -0.39 is 0 Å². The summed E-state index contributed by atoms with van der Waals surface area (Å²) < 4.78 is 1.09. The van der Waals surface area contributed by atoms with Gasteiger partial charge in [0.05, 0.1) is 12.1 Å². The van der Waals surface area contributed by atoms with Gasteiger partial charge < -0.3 is 5.32 Å². The molecule has 1 heterocycles. The fraction of sp³-hybridized carbons (Fsp3) is 0.308. The summed E-state index contributed by atoms with van der Waals surface area (Å²) in [7, 11) is 0. The first-order valence-electron chi connectivity index (χ1n) is 5.32. The predicted octanol–water partition coefficient (Wildman–Crippen LogP) is 3.67. The van der Waals surface area contributed by atoms with Crippen molar-refractivity contribution >= 4 is 15.9 Å². The number of hydrogen-bond acceptors (Lipinski definition) is 2. The SMILES string of the molecule is CC1=C(C#N)CC[C@@H](c2ccc(Br)cc2)N1. The van der Waals surface area contributed by atoms with Crippen LogP contribution < -0.4 is 5.32 Å². The third-order valence-electron chi connectivity index (χ3n) is 2.93. The topological polar surface area (TPSA) is 35.8 Å².